The number of rotatable bonds is 7. The fraction of sp³-hybridized carbons (Fsp3) is 0.407. The number of amides is 1. The lowest BCUT2D eigenvalue weighted by molar-refractivity contribution is -0.122. The van der Waals surface area contributed by atoms with Gasteiger partial charge in [-0.1, -0.05) is 12.1 Å². The quantitative estimate of drug-likeness (QED) is 0.510. The van der Waals surface area contributed by atoms with E-state index in [-0.39, 0.29) is 24.1 Å². The zero-order chi connectivity index (χ0) is 25.7. The van der Waals surface area contributed by atoms with Crippen molar-refractivity contribution in [2.75, 3.05) is 44.7 Å². The van der Waals surface area contributed by atoms with E-state index in [1.807, 2.05) is 56.3 Å². The van der Waals surface area contributed by atoms with Gasteiger partial charge < -0.3 is 15.0 Å². The molecule has 1 N–H and O–H groups in total. The van der Waals surface area contributed by atoms with Gasteiger partial charge in [0, 0.05) is 43.5 Å². The summed E-state index contributed by atoms with van der Waals surface area (Å²) in [6.07, 6.45) is 0.937. The number of hydrogen-bond acceptors (Lipinski definition) is 7. The number of carbonyl (C=O) groups is 1. The fourth-order valence-corrected chi connectivity index (χ4v) is 4.53. The van der Waals surface area contributed by atoms with E-state index in [1.165, 1.54) is 4.57 Å². The van der Waals surface area contributed by atoms with Crippen LogP contribution in [0.5, 0.6) is 5.75 Å². The average molecular weight is 489 g/mol. The number of carbonyl (C=O) groups excluding carboxylic acids is 1. The number of hydrogen-bond donors (Lipinski definition) is 1. The van der Waals surface area contributed by atoms with Gasteiger partial charge in [-0.15, -0.1) is 0 Å². The predicted octanol–water partition coefficient (Wildman–Crippen LogP) is 2.63. The van der Waals surface area contributed by atoms with Crippen molar-refractivity contribution < 1.29 is 9.53 Å². The van der Waals surface area contributed by atoms with Gasteiger partial charge in [0.1, 0.15) is 18.1 Å². The van der Waals surface area contributed by atoms with Gasteiger partial charge in [-0.3, -0.25) is 19.1 Å². The molecular weight excluding hydrogens is 456 g/mol. The Bertz CT molecular complexity index is 1340. The number of fused-ring (bicyclic) bond motifs is 1. The van der Waals surface area contributed by atoms with Crippen LogP contribution in [-0.2, 0) is 11.3 Å². The molecule has 188 valence electrons. The standard InChI is InChI=1S/C27H32N6O3/c1-19(2)29-25(34)18-33-26(20-6-4-7-22(16-20)36-3)30-24-9-8-21(17-23(24)27(33)35)32-12-5-11-31(13-10-28)14-15-32/h4,6-9,16-17,19H,5,11-15,18H2,1-3H3,(H,29,34). The summed E-state index contributed by atoms with van der Waals surface area (Å²) in [5.74, 6) is 0.806. The highest BCUT2D eigenvalue weighted by Gasteiger charge is 2.19. The third-order valence-electron chi connectivity index (χ3n) is 6.27. The van der Waals surface area contributed by atoms with E-state index in [9.17, 15) is 9.59 Å². The second kappa shape index (κ2) is 11.2. The summed E-state index contributed by atoms with van der Waals surface area (Å²) in [6, 6.07) is 15.2. The van der Waals surface area contributed by atoms with Crippen molar-refractivity contribution in [3.63, 3.8) is 0 Å². The fourth-order valence-electron chi connectivity index (χ4n) is 4.53. The summed E-state index contributed by atoms with van der Waals surface area (Å²) in [4.78, 5) is 35.7. The maximum absolute atomic E-state index is 13.8. The third kappa shape index (κ3) is 5.66. The Morgan fingerprint density at radius 3 is 2.75 bits per heavy atom. The number of nitrogens with zero attached hydrogens (tertiary/aromatic N) is 5. The Morgan fingerprint density at radius 2 is 2.00 bits per heavy atom. The number of benzene rings is 2. The Morgan fingerprint density at radius 1 is 1.17 bits per heavy atom. The molecule has 2 aromatic carbocycles. The van der Waals surface area contributed by atoms with E-state index < -0.39 is 0 Å². The molecular formula is C27H32N6O3. The van der Waals surface area contributed by atoms with Gasteiger partial charge in [0.25, 0.3) is 5.56 Å². The Kier molecular flexibility index (Phi) is 7.86. The number of nitriles is 1. The van der Waals surface area contributed by atoms with Crippen LogP contribution in [0, 0.1) is 11.3 Å². The number of methoxy groups -OCH3 is 1. The second-order valence-corrected chi connectivity index (χ2v) is 9.26. The van der Waals surface area contributed by atoms with Crippen molar-refractivity contribution in [2.24, 2.45) is 0 Å². The summed E-state index contributed by atoms with van der Waals surface area (Å²) in [5, 5.41) is 12.4. The highest BCUT2D eigenvalue weighted by Crippen LogP contribution is 2.26. The van der Waals surface area contributed by atoms with Crippen LogP contribution in [0.1, 0.15) is 20.3 Å². The minimum Gasteiger partial charge on any atom is -0.497 e. The molecule has 2 heterocycles. The zero-order valence-corrected chi connectivity index (χ0v) is 21.0. The van der Waals surface area contributed by atoms with Crippen LogP contribution in [0.3, 0.4) is 0 Å². The molecule has 1 amide bonds. The zero-order valence-electron chi connectivity index (χ0n) is 21.0. The molecule has 0 spiro atoms. The first kappa shape index (κ1) is 25.2. The molecule has 4 rings (SSSR count). The van der Waals surface area contributed by atoms with E-state index in [0.29, 0.717) is 34.6 Å². The second-order valence-electron chi connectivity index (χ2n) is 9.26. The minimum absolute atomic E-state index is 0.0443. The van der Waals surface area contributed by atoms with E-state index >= 15 is 0 Å². The van der Waals surface area contributed by atoms with Crippen molar-refractivity contribution >= 4 is 22.5 Å². The van der Waals surface area contributed by atoms with Crippen molar-refractivity contribution in [3.05, 3.63) is 52.8 Å². The molecule has 1 saturated heterocycles. The van der Waals surface area contributed by atoms with Crippen molar-refractivity contribution in [2.45, 2.75) is 32.9 Å². The van der Waals surface area contributed by atoms with Gasteiger partial charge in [0.05, 0.1) is 30.6 Å². The molecule has 1 aliphatic heterocycles. The summed E-state index contributed by atoms with van der Waals surface area (Å²) in [5.41, 5.74) is 1.94. The van der Waals surface area contributed by atoms with Crippen LogP contribution in [0.2, 0.25) is 0 Å². The van der Waals surface area contributed by atoms with Gasteiger partial charge >= 0.3 is 0 Å². The third-order valence-corrected chi connectivity index (χ3v) is 6.27. The summed E-state index contributed by atoms with van der Waals surface area (Å²) < 4.78 is 6.80. The molecule has 3 aromatic rings. The molecule has 0 saturated carbocycles. The first-order valence-corrected chi connectivity index (χ1v) is 12.2. The lowest BCUT2D eigenvalue weighted by atomic mass is 10.1. The first-order chi connectivity index (χ1) is 17.4. The number of nitrogens with one attached hydrogen (secondary N) is 1. The van der Waals surface area contributed by atoms with Gasteiger partial charge in [-0.25, -0.2) is 4.98 Å². The Labute approximate surface area is 210 Å². The average Bonchev–Trinajstić information content (AvgIpc) is 3.11. The highest BCUT2D eigenvalue weighted by molar-refractivity contribution is 5.84. The van der Waals surface area contributed by atoms with Crippen molar-refractivity contribution in [3.8, 4) is 23.2 Å². The smallest absolute Gasteiger partial charge is 0.262 e. The SMILES string of the molecule is COc1cccc(-c2nc3ccc(N4CCCN(CC#N)CC4)cc3c(=O)n2CC(=O)NC(C)C)c1. The van der Waals surface area contributed by atoms with Crippen LogP contribution < -0.4 is 20.5 Å². The molecule has 0 atom stereocenters. The summed E-state index contributed by atoms with van der Waals surface area (Å²) in [6.45, 7) is 7.33. The molecule has 0 unspecified atom stereocenters. The molecule has 0 bridgehead atoms. The largest absolute Gasteiger partial charge is 0.497 e. The van der Waals surface area contributed by atoms with Gasteiger partial charge in [0.2, 0.25) is 5.91 Å². The van der Waals surface area contributed by atoms with Crippen LogP contribution in [0.25, 0.3) is 22.3 Å². The molecule has 1 aromatic heterocycles. The number of anilines is 1. The minimum atomic E-state index is -0.264. The predicted molar refractivity (Wildman–Crippen MR) is 140 cm³/mol. The Balaban J connectivity index is 1.77. The first-order valence-electron chi connectivity index (χ1n) is 12.2. The maximum Gasteiger partial charge on any atom is 0.262 e. The van der Waals surface area contributed by atoms with E-state index in [4.69, 9.17) is 15.0 Å². The molecule has 9 nitrogen and oxygen atoms in total. The molecule has 0 radical (unpaired) electrons. The number of ether oxygens (including phenoxy) is 1. The van der Waals surface area contributed by atoms with Crippen LogP contribution in [0.4, 0.5) is 5.69 Å². The van der Waals surface area contributed by atoms with E-state index in [1.54, 1.807) is 7.11 Å². The monoisotopic (exact) mass is 488 g/mol. The summed E-state index contributed by atoms with van der Waals surface area (Å²) in [7, 11) is 1.58. The van der Waals surface area contributed by atoms with Crippen LogP contribution in [0.15, 0.2) is 47.3 Å². The number of aromatic nitrogens is 2. The molecule has 1 fully saturated rings. The molecule has 36 heavy (non-hydrogen) atoms. The molecule has 1 aliphatic rings. The molecule has 9 heteroatoms. The van der Waals surface area contributed by atoms with E-state index in [2.05, 4.69) is 21.2 Å². The maximum atomic E-state index is 13.8. The normalized spacial score (nSPS) is 14.5. The van der Waals surface area contributed by atoms with Crippen molar-refractivity contribution in [1.29, 1.82) is 5.26 Å². The van der Waals surface area contributed by atoms with Crippen molar-refractivity contribution in [1.82, 2.24) is 19.8 Å². The lowest BCUT2D eigenvalue weighted by Crippen LogP contribution is -2.37. The van der Waals surface area contributed by atoms with Gasteiger partial charge in [-0.05, 0) is 50.6 Å². The van der Waals surface area contributed by atoms with Gasteiger partial charge in [-0.2, -0.15) is 5.26 Å². The van der Waals surface area contributed by atoms with Gasteiger partial charge in [0.15, 0.2) is 0 Å². The highest BCUT2D eigenvalue weighted by atomic mass is 16.5. The van der Waals surface area contributed by atoms with Crippen LogP contribution >= 0.6 is 0 Å². The summed E-state index contributed by atoms with van der Waals surface area (Å²) >= 11 is 0. The lowest BCUT2D eigenvalue weighted by Gasteiger charge is -2.23. The topological polar surface area (TPSA) is 103 Å². The molecule has 0 aliphatic carbocycles. The Hall–Kier alpha value is -3.90. The van der Waals surface area contributed by atoms with E-state index in [0.717, 1.165) is 38.3 Å². The van der Waals surface area contributed by atoms with Crippen LogP contribution in [-0.4, -0.2) is 66.2 Å².